The fourth-order valence-corrected chi connectivity index (χ4v) is 1.85. The van der Waals surface area contributed by atoms with Gasteiger partial charge in [0.15, 0.2) is 5.78 Å². The second-order valence-corrected chi connectivity index (χ2v) is 4.63. The van der Waals surface area contributed by atoms with Crippen molar-refractivity contribution in [3.8, 4) is 0 Å². The van der Waals surface area contributed by atoms with Crippen LogP contribution in [0.2, 0.25) is 0 Å². The maximum atomic E-state index is 11.9. The SMILES string of the molecule is CN(C)c1cnn(CC(=O)C2CCOC2)c(=O)c1. The van der Waals surface area contributed by atoms with Crippen LogP contribution in [0.3, 0.4) is 0 Å². The van der Waals surface area contributed by atoms with Crippen molar-refractivity contribution in [3.63, 3.8) is 0 Å². The number of rotatable bonds is 4. The molecule has 1 aromatic rings. The summed E-state index contributed by atoms with van der Waals surface area (Å²) in [4.78, 5) is 25.5. The van der Waals surface area contributed by atoms with Crippen LogP contribution in [0, 0.1) is 5.92 Å². The molecule has 1 unspecified atom stereocenters. The Balaban J connectivity index is 2.09. The highest BCUT2D eigenvalue weighted by molar-refractivity contribution is 5.81. The third kappa shape index (κ3) is 2.76. The lowest BCUT2D eigenvalue weighted by molar-refractivity contribution is -0.123. The molecular weight excluding hydrogens is 234 g/mol. The maximum absolute atomic E-state index is 11.9. The van der Waals surface area contributed by atoms with Gasteiger partial charge in [-0.3, -0.25) is 9.59 Å². The van der Waals surface area contributed by atoms with E-state index in [1.165, 1.54) is 10.7 Å². The zero-order chi connectivity index (χ0) is 13.1. The van der Waals surface area contributed by atoms with Crippen LogP contribution in [0.4, 0.5) is 5.69 Å². The number of hydrogen-bond acceptors (Lipinski definition) is 5. The van der Waals surface area contributed by atoms with Gasteiger partial charge in [-0.05, 0) is 6.42 Å². The summed E-state index contributed by atoms with van der Waals surface area (Å²) >= 11 is 0. The number of nitrogens with zero attached hydrogens (tertiary/aromatic N) is 3. The summed E-state index contributed by atoms with van der Waals surface area (Å²) in [5.41, 5.74) is 0.473. The number of aromatic nitrogens is 2. The molecule has 0 spiro atoms. The molecule has 98 valence electrons. The van der Waals surface area contributed by atoms with E-state index in [4.69, 9.17) is 4.74 Å². The molecule has 1 atom stereocenters. The summed E-state index contributed by atoms with van der Waals surface area (Å²) in [6.45, 7) is 1.11. The van der Waals surface area contributed by atoms with E-state index in [2.05, 4.69) is 5.10 Å². The van der Waals surface area contributed by atoms with Crippen LogP contribution >= 0.6 is 0 Å². The van der Waals surface area contributed by atoms with Crippen molar-refractivity contribution in [2.75, 3.05) is 32.2 Å². The van der Waals surface area contributed by atoms with Crippen molar-refractivity contribution in [2.45, 2.75) is 13.0 Å². The first-order chi connectivity index (χ1) is 8.58. The molecule has 0 amide bonds. The van der Waals surface area contributed by atoms with E-state index < -0.39 is 0 Å². The van der Waals surface area contributed by atoms with Crippen LogP contribution in [0.15, 0.2) is 17.1 Å². The lowest BCUT2D eigenvalue weighted by Gasteiger charge is -2.12. The normalized spacial score (nSPS) is 18.9. The highest BCUT2D eigenvalue weighted by Gasteiger charge is 2.24. The smallest absolute Gasteiger partial charge is 0.269 e. The van der Waals surface area contributed by atoms with Crippen molar-refractivity contribution < 1.29 is 9.53 Å². The number of Topliss-reactive ketones (excluding diaryl/α,β-unsaturated/α-hetero) is 1. The van der Waals surface area contributed by atoms with E-state index >= 15 is 0 Å². The molecule has 0 radical (unpaired) electrons. The fourth-order valence-electron chi connectivity index (χ4n) is 1.85. The molecule has 6 nitrogen and oxygen atoms in total. The Bertz CT molecular complexity index is 490. The van der Waals surface area contributed by atoms with Crippen molar-refractivity contribution in [1.29, 1.82) is 0 Å². The largest absolute Gasteiger partial charge is 0.381 e. The van der Waals surface area contributed by atoms with Gasteiger partial charge in [0, 0.05) is 32.7 Å². The number of carbonyl (C=O) groups is 1. The molecule has 2 rings (SSSR count). The van der Waals surface area contributed by atoms with Crippen molar-refractivity contribution in [2.24, 2.45) is 5.92 Å². The number of ether oxygens (including phenoxy) is 1. The van der Waals surface area contributed by atoms with Crippen LogP contribution in [-0.2, 0) is 16.1 Å². The van der Waals surface area contributed by atoms with E-state index in [0.717, 1.165) is 12.1 Å². The summed E-state index contributed by atoms with van der Waals surface area (Å²) in [5.74, 6) is -0.0769. The number of hydrogen-bond donors (Lipinski definition) is 0. The van der Waals surface area contributed by atoms with Gasteiger partial charge in [0.25, 0.3) is 5.56 Å². The van der Waals surface area contributed by atoms with Crippen molar-refractivity contribution >= 4 is 11.5 Å². The molecule has 0 aliphatic carbocycles. The lowest BCUT2D eigenvalue weighted by Crippen LogP contribution is -2.30. The monoisotopic (exact) mass is 251 g/mol. The second kappa shape index (κ2) is 5.30. The zero-order valence-electron chi connectivity index (χ0n) is 10.6. The lowest BCUT2D eigenvalue weighted by atomic mass is 10.0. The van der Waals surface area contributed by atoms with E-state index in [1.54, 1.807) is 11.1 Å². The predicted octanol–water partition coefficient (Wildman–Crippen LogP) is -0.0851. The minimum Gasteiger partial charge on any atom is -0.381 e. The molecule has 2 heterocycles. The summed E-state index contributed by atoms with van der Waals surface area (Å²) in [6, 6.07) is 1.48. The Labute approximate surface area is 105 Å². The predicted molar refractivity (Wildman–Crippen MR) is 66.8 cm³/mol. The average molecular weight is 251 g/mol. The summed E-state index contributed by atoms with van der Waals surface area (Å²) in [5, 5.41) is 4.01. The molecule has 1 fully saturated rings. The number of anilines is 1. The van der Waals surface area contributed by atoms with Crippen LogP contribution in [0.1, 0.15) is 6.42 Å². The van der Waals surface area contributed by atoms with Crippen LogP contribution in [-0.4, -0.2) is 42.9 Å². The zero-order valence-corrected chi connectivity index (χ0v) is 10.6. The maximum Gasteiger partial charge on any atom is 0.269 e. The quantitative estimate of drug-likeness (QED) is 0.748. The van der Waals surface area contributed by atoms with Crippen LogP contribution < -0.4 is 10.5 Å². The highest BCUT2D eigenvalue weighted by Crippen LogP contribution is 2.13. The number of carbonyl (C=O) groups excluding carboxylic acids is 1. The number of ketones is 1. The van der Waals surface area contributed by atoms with Gasteiger partial charge >= 0.3 is 0 Å². The van der Waals surface area contributed by atoms with Gasteiger partial charge in [0.1, 0.15) is 6.54 Å². The topological polar surface area (TPSA) is 64.4 Å². The Morgan fingerprint density at radius 3 is 2.94 bits per heavy atom. The minimum atomic E-state index is -0.256. The summed E-state index contributed by atoms with van der Waals surface area (Å²) in [7, 11) is 3.67. The average Bonchev–Trinajstić information content (AvgIpc) is 2.85. The molecule has 0 aromatic carbocycles. The van der Waals surface area contributed by atoms with Gasteiger partial charge < -0.3 is 9.64 Å². The molecule has 0 bridgehead atoms. The van der Waals surface area contributed by atoms with E-state index in [0.29, 0.717) is 13.2 Å². The van der Waals surface area contributed by atoms with Crippen LogP contribution in [0.25, 0.3) is 0 Å². The molecular formula is C12H17N3O3. The van der Waals surface area contributed by atoms with Crippen molar-refractivity contribution in [3.05, 3.63) is 22.6 Å². The highest BCUT2D eigenvalue weighted by atomic mass is 16.5. The van der Waals surface area contributed by atoms with Gasteiger partial charge in [0.05, 0.1) is 18.5 Å². The van der Waals surface area contributed by atoms with Gasteiger partial charge in [0.2, 0.25) is 0 Å². The van der Waals surface area contributed by atoms with Gasteiger partial charge in [-0.1, -0.05) is 0 Å². The third-order valence-corrected chi connectivity index (χ3v) is 3.06. The Morgan fingerprint density at radius 1 is 1.61 bits per heavy atom. The molecule has 6 heteroatoms. The first kappa shape index (κ1) is 12.8. The molecule has 0 saturated carbocycles. The Kier molecular flexibility index (Phi) is 3.76. The molecule has 1 aromatic heterocycles. The first-order valence-corrected chi connectivity index (χ1v) is 5.93. The van der Waals surface area contributed by atoms with E-state index in [9.17, 15) is 9.59 Å². The minimum absolute atomic E-state index is 0.0136. The Morgan fingerprint density at radius 2 is 2.39 bits per heavy atom. The molecule has 0 N–H and O–H groups in total. The van der Waals surface area contributed by atoms with Gasteiger partial charge in [-0.15, -0.1) is 0 Å². The molecule has 1 aliphatic rings. The molecule has 18 heavy (non-hydrogen) atoms. The summed E-state index contributed by atoms with van der Waals surface area (Å²) < 4.78 is 6.36. The summed E-state index contributed by atoms with van der Waals surface area (Å²) in [6.07, 6.45) is 2.32. The van der Waals surface area contributed by atoms with Gasteiger partial charge in [-0.25, -0.2) is 4.68 Å². The molecule has 1 aliphatic heterocycles. The van der Waals surface area contributed by atoms with E-state index in [-0.39, 0.29) is 23.8 Å². The first-order valence-electron chi connectivity index (χ1n) is 5.93. The fraction of sp³-hybridized carbons (Fsp3) is 0.583. The second-order valence-electron chi connectivity index (χ2n) is 4.63. The standard InChI is InChI=1S/C12H17N3O3/c1-14(2)10-5-12(17)15(13-6-10)7-11(16)9-3-4-18-8-9/h5-6,9H,3-4,7-8H2,1-2H3. The van der Waals surface area contributed by atoms with Crippen LogP contribution in [0.5, 0.6) is 0 Å². The van der Waals surface area contributed by atoms with Crippen molar-refractivity contribution in [1.82, 2.24) is 9.78 Å². The third-order valence-electron chi connectivity index (χ3n) is 3.06. The van der Waals surface area contributed by atoms with E-state index in [1.807, 2.05) is 14.1 Å². The van der Waals surface area contributed by atoms with Gasteiger partial charge in [-0.2, -0.15) is 5.10 Å². The molecule has 1 saturated heterocycles. The Hall–Kier alpha value is -1.69.